The fourth-order valence-corrected chi connectivity index (χ4v) is 2.08. The quantitative estimate of drug-likeness (QED) is 0.721. The maximum Gasteiger partial charge on any atom is 0.247 e. The molecule has 0 heterocycles. The standard InChI is InChI=1S/C16H14ClNO/c1-12(18-2)15-9-8-14(10-16(15)17)19-11-13-6-4-3-5-7-13/h3-10,12H,11H2,1H3. The van der Waals surface area contributed by atoms with Gasteiger partial charge < -0.3 is 9.58 Å². The lowest BCUT2D eigenvalue weighted by molar-refractivity contribution is 0.306. The van der Waals surface area contributed by atoms with E-state index >= 15 is 0 Å². The molecule has 96 valence electrons. The number of nitrogens with zero attached hydrogens (tertiary/aromatic N) is 1. The Morgan fingerprint density at radius 3 is 2.58 bits per heavy atom. The number of hydrogen-bond acceptors (Lipinski definition) is 1. The summed E-state index contributed by atoms with van der Waals surface area (Å²) in [4.78, 5) is 3.47. The molecular weight excluding hydrogens is 258 g/mol. The van der Waals surface area contributed by atoms with Gasteiger partial charge in [0.15, 0.2) is 0 Å². The van der Waals surface area contributed by atoms with Crippen LogP contribution < -0.4 is 4.74 Å². The Morgan fingerprint density at radius 1 is 1.21 bits per heavy atom. The molecule has 19 heavy (non-hydrogen) atoms. The Morgan fingerprint density at radius 2 is 1.95 bits per heavy atom. The number of benzene rings is 2. The van der Waals surface area contributed by atoms with Crippen molar-refractivity contribution in [3.8, 4) is 5.75 Å². The van der Waals surface area contributed by atoms with Gasteiger partial charge in [-0.15, -0.1) is 0 Å². The summed E-state index contributed by atoms with van der Waals surface area (Å²) in [6, 6.07) is 15.2. The maximum absolute atomic E-state index is 7.02. The number of rotatable bonds is 4. The summed E-state index contributed by atoms with van der Waals surface area (Å²) in [6.07, 6.45) is 0. The van der Waals surface area contributed by atoms with Crippen molar-refractivity contribution < 1.29 is 4.74 Å². The number of ether oxygens (including phenoxy) is 1. The largest absolute Gasteiger partial charge is 0.489 e. The van der Waals surface area contributed by atoms with Crippen LogP contribution in [0, 0.1) is 6.57 Å². The first-order valence-electron chi connectivity index (χ1n) is 6.03. The second kappa shape index (κ2) is 6.26. The molecule has 1 unspecified atom stereocenters. The van der Waals surface area contributed by atoms with Crippen LogP contribution in [0.4, 0.5) is 0 Å². The highest BCUT2D eigenvalue weighted by atomic mass is 35.5. The van der Waals surface area contributed by atoms with E-state index in [0.717, 1.165) is 16.9 Å². The molecule has 0 aliphatic rings. The zero-order valence-corrected chi connectivity index (χ0v) is 11.4. The molecule has 0 fully saturated rings. The summed E-state index contributed by atoms with van der Waals surface area (Å²) in [5, 5.41) is 0.578. The summed E-state index contributed by atoms with van der Waals surface area (Å²) >= 11 is 6.16. The average Bonchev–Trinajstić information content (AvgIpc) is 2.45. The Hall–Kier alpha value is -1.98. The Labute approximate surface area is 118 Å². The predicted octanol–water partition coefficient (Wildman–Crippen LogP) is 4.90. The van der Waals surface area contributed by atoms with Gasteiger partial charge in [0.1, 0.15) is 12.4 Å². The molecule has 3 heteroatoms. The lowest BCUT2D eigenvalue weighted by atomic mass is 10.1. The van der Waals surface area contributed by atoms with Crippen LogP contribution in [-0.4, -0.2) is 0 Å². The molecule has 0 amide bonds. The predicted molar refractivity (Wildman–Crippen MR) is 77.2 cm³/mol. The smallest absolute Gasteiger partial charge is 0.247 e. The zero-order chi connectivity index (χ0) is 13.7. The molecule has 2 aromatic rings. The monoisotopic (exact) mass is 271 g/mol. The van der Waals surface area contributed by atoms with Gasteiger partial charge in [-0.25, -0.2) is 6.57 Å². The van der Waals surface area contributed by atoms with E-state index in [-0.39, 0.29) is 6.04 Å². The van der Waals surface area contributed by atoms with E-state index in [1.165, 1.54) is 0 Å². The van der Waals surface area contributed by atoms with E-state index in [1.807, 2.05) is 49.4 Å². The second-order valence-electron chi connectivity index (χ2n) is 4.26. The third kappa shape index (κ3) is 3.49. The SMILES string of the molecule is [C-]#[N+]C(C)c1ccc(OCc2ccccc2)cc1Cl. The van der Waals surface area contributed by atoms with Crippen molar-refractivity contribution in [2.45, 2.75) is 19.6 Å². The molecule has 0 spiro atoms. The van der Waals surface area contributed by atoms with Crippen molar-refractivity contribution in [2.75, 3.05) is 0 Å². The van der Waals surface area contributed by atoms with Gasteiger partial charge in [0.25, 0.3) is 0 Å². The molecular formula is C16H14ClNO. The van der Waals surface area contributed by atoms with Gasteiger partial charge >= 0.3 is 0 Å². The first-order chi connectivity index (χ1) is 9.20. The molecule has 0 aromatic heterocycles. The molecule has 0 bridgehead atoms. The lowest BCUT2D eigenvalue weighted by Crippen LogP contribution is -1.96. The molecule has 2 nitrogen and oxygen atoms in total. The molecule has 1 atom stereocenters. The lowest BCUT2D eigenvalue weighted by Gasteiger charge is -2.09. The van der Waals surface area contributed by atoms with Gasteiger partial charge in [-0.1, -0.05) is 41.9 Å². The number of hydrogen-bond donors (Lipinski definition) is 0. The molecule has 0 saturated heterocycles. The highest BCUT2D eigenvalue weighted by Crippen LogP contribution is 2.29. The molecule has 0 saturated carbocycles. The third-order valence-electron chi connectivity index (χ3n) is 2.86. The topological polar surface area (TPSA) is 13.6 Å². The molecule has 0 radical (unpaired) electrons. The molecule has 2 rings (SSSR count). The Balaban J connectivity index is 2.07. The minimum atomic E-state index is -0.226. The van der Waals surface area contributed by atoms with Gasteiger partial charge in [-0.05, 0) is 23.8 Å². The first kappa shape index (κ1) is 13.5. The Kier molecular flexibility index (Phi) is 4.43. The molecule has 0 N–H and O–H groups in total. The maximum atomic E-state index is 7.02. The van der Waals surface area contributed by atoms with Crippen LogP contribution in [0.1, 0.15) is 24.1 Å². The minimum absolute atomic E-state index is 0.226. The first-order valence-corrected chi connectivity index (χ1v) is 6.41. The van der Waals surface area contributed by atoms with Crippen molar-refractivity contribution >= 4 is 11.6 Å². The fraction of sp³-hybridized carbons (Fsp3) is 0.188. The summed E-state index contributed by atoms with van der Waals surface area (Å²) < 4.78 is 5.68. The summed E-state index contributed by atoms with van der Waals surface area (Å²) in [7, 11) is 0. The zero-order valence-electron chi connectivity index (χ0n) is 10.6. The van der Waals surface area contributed by atoms with E-state index in [1.54, 1.807) is 6.07 Å². The van der Waals surface area contributed by atoms with E-state index in [4.69, 9.17) is 22.9 Å². The van der Waals surface area contributed by atoms with Gasteiger partial charge in [0.05, 0.1) is 10.6 Å². The van der Waals surface area contributed by atoms with Crippen molar-refractivity contribution in [3.05, 3.63) is 76.1 Å². The van der Waals surface area contributed by atoms with Crippen LogP contribution >= 0.6 is 11.6 Å². The molecule has 0 aliphatic carbocycles. The van der Waals surface area contributed by atoms with Gasteiger partial charge in [-0.3, -0.25) is 0 Å². The minimum Gasteiger partial charge on any atom is -0.489 e. The van der Waals surface area contributed by atoms with Crippen LogP contribution in [0.25, 0.3) is 4.85 Å². The van der Waals surface area contributed by atoms with E-state index in [2.05, 4.69) is 4.85 Å². The number of halogens is 1. The third-order valence-corrected chi connectivity index (χ3v) is 3.19. The van der Waals surface area contributed by atoms with Crippen LogP contribution in [0.5, 0.6) is 5.75 Å². The van der Waals surface area contributed by atoms with Crippen LogP contribution in [-0.2, 0) is 6.61 Å². The van der Waals surface area contributed by atoms with Gasteiger partial charge in [0.2, 0.25) is 6.04 Å². The summed E-state index contributed by atoms with van der Waals surface area (Å²) in [5.41, 5.74) is 1.95. The second-order valence-corrected chi connectivity index (χ2v) is 4.67. The van der Waals surface area contributed by atoms with Crippen LogP contribution in [0.2, 0.25) is 5.02 Å². The highest BCUT2D eigenvalue weighted by molar-refractivity contribution is 6.31. The van der Waals surface area contributed by atoms with Crippen LogP contribution in [0.3, 0.4) is 0 Å². The normalized spacial score (nSPS) is 11.6. The van der Waals surface area contributed by atoms with Crippen molar-refractivity contribution in [1.29, 1.82) is 0 Å². The highest BCUT2D eigenvalue weighted by Gasteiger charge is 2.13. The summed E-state index contributed by atoms with van der Waals surface area (Å²) in [5.74, 6) is 0.717. The summed E-state index contributed by atoms with van der Waals surface area (Å²) in [6.45, 7) is 9.37. The van der Waals surface area contributed by atoms with Crippen molar-refractivity contribution in [3.63, 3.8) is 0 Å². The van der Waals surface area contributed by atoms with E-state index in [9.17, 15) is 0 Å². The van der Waals surface area contributed by atoms with E-state index < -0.39 is 0 Å². The fourth-order valence-electron chi connectivity index (χ4n) is 1.75. The average molecular weight is 272 g/mol. The van der Waals surface area contributed by atoms with Crippen LogP contribution in [0.15, 0.2) is 48.5 Å². The molecule has 0 aliphatic heterocycles. The van der Waals surface area contributed by atoms with Crippen molar-refractivity contribution in [2.24, 2.45) is 0 Å². The molecule has 2 aromatic carbocycles. The van der Waals surface area contributed by atoms with E-state index in [0.29, 0.717) is 11.6 Å². The Bertz CT molecular complexity index is 589. The van der Waals surface area contributed by atoms with Gasteiger partial charge in [0, 0.05) is 6.92 Å². The van der Waals surface area contributed by atoms with Gasteiger partial charge in [-0.2, -0.15) is 0 Å². The van der Waals surface area contributed by atoms with Crippen molar-refractivity contribution in [1.82, 2.24) is 0 Å².